The standard InChI is InChI=1S/C30H33NO4S/c1-17(32)25-16-23(26(36-25)18(2)33)19-10-9-11-21(14-19)31-24-15-20(27(34)29(3,4)5)12-13-22(24)28(35)30(6,7)8/h9-16,31H,1-8H3. The molecule has 3 aromatic rings. The molecule has 1 N–H and O–H groups in total. The second-order valence-corrected chi connectivity index (χ2v) is 12.1. The second-order valence-electron chi connectivity index (χ2n) is 11.1. The molecule has 3 rings (SSSR count). The third kappa shape index (κ3) is 5.88. The summed E-state index contributed by atoms with van der Waals surface area (Å²) in [6.07, 6.45) is 0. The summed E-state index contributed by atoms with van der Waals surface area (Å²) >= 11 is 1.20. The van der Waals surface area contributed by atoms with Crippen molar-refractivity contribution in [3.05, 3.63) is 69.4 Å². The van der Waals surface area contributed by atoms with E-state index < -0.39 is 10.8 Å². The van der Waals surface area contributed by atoms with E-state index in [1.165, 1.54) is 25.2 Å². The van der Waals surface area contributed by atoms with E-state index in [4.69, 9.17) is 0 Å². The quantitative estimate of drug-likeness (QED) is 0.330. The number of hydrogen-bond acceptors (Lipinski definition) is 6. The Balaban J connectivity index is 2.11. The van der Waals surface area contributed by atoms with E-state index >= 15 is 0 Å². The van der Waals surface area contributed by atoms with E-state index in [1.807, 2.05) is 65.8 Å². The van der Waals surface area contributed by atoms with Gasteiger partial charge in [-0.2, -0.15) is 0 Å². The zero-order chi connectivity index (χ0) is 27.0. The summed E-state index contributed by atoms with van der Waals surface area (Å²) in [6.45, 7) is 14.1. The zero-order valence-corrected chi connectivity index (χ0v) is 23.0. The molecule has 1 heterocycles. The first kappa shape index (κ1) is 27.2. The van der Waals surface area contributed by atoms with Gasteiger partial charge in [0.05, 0.1) is 15.4 Å². The Labute approximate surface area is 216 Å². The van der Waals surface area contributed by atoms with Crippen LogP contribution < -0.4 is 5.32 Å². The number of thiophene rings is 1. The zero-order valence-electron chi connectivity index (χ0n) is 22.2. The number of benzene rings is 2. The first-order valence-electron chi connectivity index (χ1n) is 11.9. The van der Waals surface area contributed by atoms with Crippen LogP contribution in [0.15, 0.2) is 48.5 Å². The molecule has 0 saturated carbocycles. The number of ketones is 4. The van der Waals surface area contributed by atoms with Gasteiger partial charge in [-0.1, -0.05) is 59.7 Å². The van der Waals surface area contributed by atoms with Crippen LogP contribution in [0.2, 0.25) is 0 Å². The highest BCUT2D eigenvalue weighted by Gasteiger charge is 2.28. The molecule has 0 saturated heterocycles. The number of Topliss-reactive ketones (excluding diaryl/α,β-unsaturated/α-hetero) is 4. The van der Waals surface area contributed by atoms with Gasteiger partial charge < -0.3 is 5.32 Å². The van der Waals surface area contributed by atoms with Crippen LogP contribution in [-0.4, -0.2) is 23.1 Å². The minimum Gasteiger partial charge on any atom is -0.355 e. The predicted molar refractivity (Wildman–Crippen MR) is 147 cm³/mol. The maximum absolute atomic E-state index is 13.2. The van der Waals surface area contributed by atoms with E-state index in [-0.39, 0.29) is 23.1 Å². The van der Waals surface area contributed by atoms with Gasteiger partial charge in [-0.3, -0.25) is 19.2 Å². The summed E-state index contributed by atoms with van der Waals surface area (Å²) in [7, 11) is 0. The third-order valence-corrected chi connectivity index (χ3v) is 7.08. The molecule has 36 heavy (non-hydrogen) atoms. The van der Waals surface area contributed by atoms with Crippen LogP contribution in [-0.2, 0) is 0 Å². The second kappa shape index (κ2) is 9.94. The number of carbonyl (C=O) groups is 4. The Kier molecular flexibility index (Phi) is 7.51. The molecular weight excluding hydrogens is 470 g/mol. The molecule has 1 aromatic heterocycles. The molecule has 0 unspecified atom stereocenters. The molecule has 0 aliphatic heterocycles. The molecule has 0 spiro atoms. The lowest BCUT2D eigenvalue weighted by Gasteiger charge is -2.22. The van der Waals surface area contributed by atoms with E-state index in [0.717, 1.165) is 5.56 Å². The van der Waals surface area contributed by atoms with Crippen LogP contribution in [0.1, 0.15) is 95.4 Å². The van der Waals surface area contributed by atoms with Crippen molar-refractivity contribution in [1.29, 1.82) is 0 Å². The van der Waals surface area contributed by atoms with E-state index in [9.17, 15) is 19.2 Å². The highest BCUT2D eigenvalue weighted by atomic mass is 32.1. The highest BCUT2D eigenvalue weighted by molar-refractivity contribution is 7.16. The van der Waals surface area contributed by atoms with Gasteiger partial charge in [0.2, 0.25) is 0 Å². The van der Waals surface area contributed by atoms with Gasteiger partial charge in [0.15, 0.2) is 23.1 Å². The van der Waals surface area contributed by atoms with Crippen molar-refractivity contribution in [2.24, 2.45) is 10.8 Å². The Hall–Kier alpha value is -3.38. The van der Waals surface area contributed by atoms with Crippen molar-refractivity contribution >= 4 is 45.8 Å². The minimum atomic E-state index is -0.607. The van der Waals surface area contributed by atoms with Gasteiger partial charge in [0.1, 0.15) is 0 Å². The van der Waals surface area contributed by atoms with Crippen molar-refractivity contribution in [1.82, 2.24) is 0 Å². The molecule has 0 atom stereocenters. The van der Waals surface area contributed by atoms with Crippen LogP contribution >= 0.6 is 11.3 Å². The lowest BCUT2D eigenvalue weighted by molar-refractivity contribution is 0.0849. The van der Waals surface area contributed by atoms with Crippen molar-refractivity contribution < 1.29 is 19.2 Å². The average molecular weight is 504 g/mol. The smallest absolute Gasteiger partial charge is 0.170 e. The van der Waals surface area contributed by atoms with E-state index in [0.29, 0.717) is 37.8 Å². The molecular formula is C30H33NO4S. The lowest BCUT2D eigenvalue weighted by atomic mass is 9.83. The van der Waals surface area contributed by atoms with Gasteiger partial charge in [0.25, 0.3) is 0 Å². The monoisotopic (exact) mass is 503 g/mol. The maximum atomic E-state index is 13.2. The fourth-order valence-corrected chi connectivity index (χ4v) is 4.76. The predicted octanol–water partition coefficient (Wildman–Crippen LogP) is 8.02. The van der Waals surface area contributed by atoms with Crippen molar-refractivity contribution in [2.75, 3.05) is 5.32 Å². The first-order valence-corrected chi connectivity index (χ1v) is 12.7. The summed E-state index contributed by atoms with van der Waals surface area (Å²) in [5.74, 6) is -0.255. The summed E-state index contributed by atoms with van der Waals surface area (Å²) in [6, 6.07) is 14.4. The molecule has 0 amide bonds. The molecule has 5 nitrogen and oxygen atoms in total. The van der Waals surface area contributed by atoms with E-state index in [2.05, 4.69) is 5.32 Å². The van der Waals surface area contributed by atoms with Gasteiger partial charge in [-0.05, 0) is 49.7 Å². The topological polar surface area (TPSA) is 80.3 Å². The summed E-state index contributed by atoms with van der Waals surface area (Å²) < 4.78 is 0. The fraction of sp³-hybridized carbons (Fsp3) is 0.333. The average Bonchev–Trinajstić information content (AvgIpc) is 3.23. The Morgan fingerprint density at radius 3 is 1.94 bits per heavy atom. The minimum absolute atomic E-state index is 0.0183. The summed E-state index contributed by atoms with van der Waals surface area (Å²) in [5, 5.41) is 3.34. The molecule has 0 aliphatic carbocycles. The van der Waals surface area contributed by atoms with Gasteiger partial charge >= 0.3 is 0 Å². The molecule has 6 heteroatoms. The number of anilines is 2. The lowest BCUT2D eigenvalue weighted by Crippen LogP contribution is -2.23. The molecule has 2 aromatic carbocycles. The molecule has 0 aliphatic rings. The van der Waals surface area contributed by atoms with Crippen LogP contribution in [0.25, 0.3) is 11.1 Å². The highest BCUT2D eigenvalue weighted by Crippen LogP contribution is 2.36. The number of rotatable bonds is 7. The van der Waals surface area contributed by atoms with Crippen LogP contribution in [0.3, 0.4) is 0 Å². The first-order chi connectivity index (χ1) is 16.6. The SMILES string of the molecule is CC(=O)c1cc(-c2cccc(Nc3cc(C(=O)C(C)(C)C)ccc3C(=O)C(C)(C)C)c2)c(C(C)=O)s1. The number of nitrogens with one attached hydrogen (secondary N) is 1. The number of hydrogen-bond donors (Lipinski definition) is 1. The molecule has 0 fully saturated rings. The Morgan fingerprint density at radius 2 is 1.39 bits per heavy atom. The normalized spacial score (nSPS) is 11.8. The summed E-state index contributed by atoms with van der Waals surface area (Å²) in [4.78, 5) is 51.5. The van der Waals surface area contributed by atoms with Crippen LogP contribution in [0.4, 0.5) is 11.4 Å². The van der Waals surface area contributed by atoms with Gasteiger partial charge in [-0.25, -0.2) is 0 Å². The number of carbonyl (C=O) groups excluding carboxylic acids is 4. The largest absolute Gasteiger partial charge is 0.355 e. The molecule has 188 valence electrons. The molecule has 0 bridgehead atoms. The van der Waals surface area contributed by atoms with Gasteiger partial charge in [0, 0.05) is 33.2 Å². The Bertz CT molecular complexity index is 1370. The summed E-state index contributed by atoms with van der Waals surface area (Å²) in [5.41, 5.74) is 2.56. The fourth-order valence-electron chi connectivity index (χ4n) is 3.78. The Morgan fingerprint density at radius 1 is 0.750 bits per heavy atom. The van der Waals surface area contributed by atoms with Gasteiger partial charge in [-0.15, -0.1) is 11.3 Å². The van der Waals surface area contributed by atoms with Crippen molar-refractivity contribution in [3.63, 3.8) is 0 Å². The molecule has 0 radical (unpaired) electrons. The van der Waals surface area contributed by atoms with E-state index in [1.54, 1.807) is 24.3 Å². The maximum Gasteiger partial charge on any atom is 0.170 e. The van der Waals surface area contributed by atoms with Crippen molar-refractivity contribution in [2.45, 2.75) is 55.4 Å². The third-order valence-electron chi connectivity index (χ3n) is 5.74. The van der Waals surface area contributed by atoms with Crippen LogP contribution in [0.5, 0.6) is 0 Å². The van der Waals surface area contributed by atoms with Crippen LogP contribution in [0, 0.1) is 10.8 Å². The van der Waals surface area contributed by atoms with Crippen molar-refractivity contribution in [3.8, 4) is 11.1 Å².